The third kappa shape index (κ3) is 8.27. The summed E-state index contributed by atoms with van der Waals surface area (Å²) in [6.07, 6.45) is 4.63. The number of rotatable bonds is 6. The van der Waals surface area contributed by atoms with Gasteiger partial charge in [-0.15, -0.1) is 0 Å². The van der Waals surface area contributed by atoms with Gasteiger partial charge >= 0.3 is 0 Å². The lowest BCUT2D eigenvalue weighted by atomic mass is 10.3. The van der Waals surface area contributed by atoms with E-state index in [1.54, 1.807) is 11.9 Å². The summed E-state index contributed by atoms with van der Waals surface area (Å²) in [5, 5.41) is 0. The fraction of sp³-hybridized carbons (Fsp3) is 1.00. The Balaban J connectivity index is 2.77. The fourth-order valence-corrected chi connectivity index (χ4v) is 1.08. The Labute approximate surface area is 68.5 Å². The number of nitrogens with zero attached hydrogens (tertiary/aromatic N) is 1. The molecule has 0 aromatic heterocycles. The van der Waals surface area contributed by atoms with Crippen molar-refractivity contribution in [2.45, 2.75) is 12.8 Å². The lowest BCUT2D eigenvalue weighted by Gasteiger charge is -2.08. The minimum absolute atomic E-state index is 1.13. The second-order valence-corrected chi connectivity index (χ2v) is 3.31. The first-order valence-electron chi connectivity index (χ1n) is 3.68. The molecular formula is C7H18N2S. The Morgan fingerprint density at radius 3 is 2.50 bits per heavy atom. The van der Waals surface area contributed by atoms with Crippen LogP contribution in [0.15, 0.2) is 0 Å². The Morgan fingerprint density at radius 1 is 1.30 bits per heavy atom. The molecule has 3 heteroatoms. The van der Waals surface area contributed by atoms with Gasteiger partial charge in [-0.25, -0.2) is 0 Å². The maximum absolute atomic E-state index is 3.22. The molecule has 0 saturated carbocycles. The fourth-order valence-electron chi connectivity index (χ4n) is 0.727. The van der Waals surface area contributed by atoms with Crippen molar-refractivity contribution in [1.82, 2.24) is 9.62 Å². The Kier molecular flexibility index (Phi) is 7.58. The molecule has 0 spiro atoms. The summed E-state index contributed by atoms with van der Waals surface area (Å²) >= 11 is 1.70. The predicted octanol–water partition coefficient (Wildman–Crippen LogP) is 1.20. The smallest absolute Gasteiger partial charge is 0.00588 e. The zero-order chi connectivity index (χ0) is 7.82. The summed E-state index contributed by atoms with van der Waals surface area (Å²) in [5.74, 6) is 0. The van der Waals surface area contributed by atoms with Gasteiger partial charge in [0.1, 0.15) is 0 Å². The van der Waals surface area contributed by atoms with Gasteiger partial charge in [0.15, 0.2) is 0 Å². The molecule has 0 heterocycles. The van der Waals surface area contributed by atoms with Gasteiger partial charge in [0.2, 0.25) is 0 Å². The van der Waals surface area contributed by atoms with E-state index < -0.39 is 0 Å². The van der Waals surface area contributed by atoms with E-state index in [0.717, 1.165) is 6.54 Å². The van der Waals surface area contributed by atoms with Crippen molar-refractivity contribution >= 4 is 11.9 Å². The highest BCUT2D eigenvalue weighted by Crippen LogP contribution is 1.90. The molecule has 0 bridgehead atoms. The summed E-state index contributed by atoms with van der Waals surface area (Å²) in [5.41, 5.74) is 0. The first kappa shape index (κ1) is 10.3. The van der Waals surface area contributed by atoms with Crippen LogP contribution in [0.2, 0.25) is 0 Å². The van der Waals surface area contributed by atoms with Crippen LogP contribution in [0.1, 0.15) is 12.8 Å². The van der Waals surface area contributed by atoms with E-state index in [1.807, 2.05) is 0 Å². The lowest BCUT2D eigenvalue weighted by molar-refractivity contribution is 0.395. The first-order valence-corrected chi connectivity index (χ1v) is 4.90. The molecule has 0 radical (unpaired) electrons. The third-order valence-corrected chi connectivity index (χ3v) is 1.77. The van der Waals surface area contributed by atoms with Gasteiger partial charge in [0, 0.05) is 6.54 Å². The van der Waals surface area contributed by atoms with E-state index in [0.29, 0.717) is 0 Å². The molecule has 0 rings (SSSR count). The molecule has 0 unspecified atom stereocenters. The van der Waals surface area contributed by atoms with Crippen LogP contribution in [0.3, 0.4) is 0 Å². The summed E-state index contributed by atoms with van der Waals surface area (Å²) in [6, 6.07) is 0. The summed E-state index contributed by atoms with van der Waals surface area (Å²) < 4.78 is 3.22. The van der Waals surface area contributed by atoms with Gasteiger partial charge < -0.3 is 4.90 Å². The summed E-state index contributed by atoms with van der Waals surface area (Å²) in [7, 11) is 4.23. The van der Waals surface area contributed by atoms with Crippen LogP contribution in [0, 0.1) is 0 Å². The molecule has 0 fully saturated rings. The van der Waals surface area contributed by atoms with Crippen LogP contribution < -0.4 is 4.72 Å². The van der Waals surface area contributed by atoms with Crippen molar-refractivity contribution in [1.29, 1.82) is 0 Å². The quantitative estimate of drug-likeness (QED) is 0.466. The largest absolute Gasteiger partial charge is 0.309 e. The molecule has 10 heavy (non-hydrogen) atoms. The highest BCUT2D eigenvalue weighted by molar-refractivity contribution is 7.96. The van der Waals surface area contributed by atoms with Crippen molar-refractivity contribution in [3.05, 3.63) is 0 Å². The van der Waals surface area contributed by atoms with Gasteiger partial charge in [-0.05, 0) is 39.7 Å². The second-order valence-electron chi connectivity index (χ2n) is 2.61. The highest BCUT2D eigenvalue weighted by Gasteiger charge is 1.89. The SMILES string of the molecule is CSNCCCCN(C)C. The molecule has 62 valence electrons. The lowest BCUT2D eigenvalue weighted by Crippen LogP contribution is -2.14. The normalized spacial score (nSPS) is 10.8. The number of unbranched alkanes of at least 4 members (excludes halogenated alkanes) is 1. The van der Waals surface area contributed by atoms with Gasteiger partial charge in [-0.1, -0.05) is 11.9 Å². The molecule has 0 aromatic carbocycles. The van der Waals surface area contributed by atoms with Gasteiger partial charge in [0.05, 0.1) is 0 Å². The third-order valence-electron chi connectivity index (χ3n) is 1.28. The standard InChI is InChI=1S/C7H18N2S/c1-9(2)7-5-4-6-8-10-3/h8H,4-7H2,1-3H3. The monoisotopic (exact) mass is 162 g/mol. The zero-order valence-corrected chi connectivity index (χ0v) is 8.00. The van der Waals surface area contributed by atoms with Crippen molar-refractivity contribution < 1.29 is 0 Å². The predicted molar refractivity (Wildman–Crippen MR) is 49.3 cm³/mol. The number of hydrogen-bond donors (Lipinski definition) is 1. The zero-order valence-electron chi connectivity index (χ0n) is 7.18. The Hall–Kier alpha value is 0.270. The molecule has 0 saturated heterocycles. The van der Waals surface area contributed by atoms with Crippen LogP contribution in [0.4, 0.5) is 0 Å². The molecule has 0 atom stereocenters. The van der Waals surface area contributed by atoms with Crippen LogP contribution >= 0.6 is 11.9 Å². The molecule has 0 amide bonds. The molecule has 0 aliphatic heterocycles. The maximum Gasteiger partial charge on any atom is 0.00588 e. The minimum Gasteiger partial charge on any atom is -0.309 e. The van der Waals surface area contributed by atoms with Crippen LogP contribution in [-0.4, -0.2) is 38.3 Å². The van der Waals surface area contributed by atoms with Gasteiger partial charge in [-0.3, -0.25) is 4.72 Å². The highest BCUT2D eigenvalue weighted by atomic mass is 32.2. The minimum atomic E-state index is 1.13. The van der Waals surface area contributed by atoms with Crippen LogP contribution in [0.5, 0.6) is 0 Å². The van der Waals surface area contributed by atoms with Gasteiger partial charge in [0.25, 0.3) is 0 Å². The topological polar surface area (TPSA) is 15.3 Å². The average Bonchev–Trinajstić information content (AvgIpc) is 1.87. The molecule has 0 aliphatic rings. The number of hydrogen-bond acceptors (Lipinski definition) is 3. The molecule has 0 aromatic rings. The van der Waals surface area contributed by atoms with Crippen molar-refractivity contribution in [3.63, 3.8) is 0 Å². The first-order chi connectivity index (χ1) is 4.77. The van der Waals surface area contributed by atoms with Crippen molar-refractivity contribution in [2.24, 2.45) is 0 Å². The van der Waals surface area contributed by atoms with Crippen LogP contribution in [0.25, 0.3) is 0 Å². The average molecular weight is 162 g/mol. The van der Waals surface area contributed by atoms with E-state index in [2.05, 4.69) is 30.0 Å². The van der Waals surface area contributed by atoms with Crippen molar-refractivity contribution in [2.75, 3.05) is 33.4 Å². The molecular weight excluding hydrogens is 144 g/mol. The van der Waals surface area contributed by atoms with E-state index in [9.17, 15) is 0 Å². The Morgan fingerprint density at radius 2 is 2.00 bits per heavy atom. The molecule has 0 aliphatic carbocycles. The van der Waals surface area contributed by atoms with E-state index in [1.165, 1.54) is 19.4 Å². The van der Waals surface area contributed by atoms with Crippen molar-refractivity contribution in [3.8, 4) is 0 Å². The summed E-state index contributed by atoms with van der Waals surface area (Å²) in [6.45, 7) is 2.34. The number of nitrogens with one attached hydrogen (secondary N) is 1. The van der Waals surface area contributed by atoms with E-state index in [4.69, 9.17) is 0 Å². The molecule has 1 N–H and O–H groups in total. The Bertz CT molecular complexity index is 66.6. The summed E-state index contributed by atoms with van der Waals surface area (Å²) in [4.78, 5) is 2.22. The molecule has 2 nitrogen and oxygen atoms in total. The van der Waals surface area contributed by atoms with E-state index >= 15 is 0 Å². The second kappa shape index (κ2) is 7.38. The maximum atomic E-state index is 3.22. The van der Waals surface area contributed by atoms with Gasteiger partial charge in [-0.2, -0.15) is 0 Å². The van der Waals surface area contributed by atoms with E-state index in [-0.39, 0.29) is 0 Å². The van der Waals surface area contributed by atoms with Crippen LogP contribution in [-0.2, 0) is 0 Å².